The van der Waals surface area contributed by atoms with Crippen LogP contribution in [0.25, 0.3) is 0 Å². The van der Waals surface area contributed by atoms with Gasteiger partial charge < -0.3 is 10.1 Å². The maximum absolute atomic E-state index is 5.77. The number of nitrogens with one attached hydrogen (secondary N) is 1. The lowest BCUT2D eigenvalue weighted by Gasteiger charge is -2.40. The molecule has 1 saturated heterocycles. The van der Waals surface area contributed by atoms with Crippen LogP contribution in [-0.4, -0.2) is 43.8 Å². The minimum absolute atomic E-state index is 0.476. The Morgan fingerprint density at radius 2 is 2.00 bits per heavy atom. The number of hydrogen-bond acceptors (Lipinski definition) is 3. The summed E-state index contributed by atoms with van der Waals surface area (Å²) in [7, 11) is 0. The molecule has 0 saturated carbocycles. The van der Waals surface area contributed by atoms with Gasteiger partial charge in [0.05, 0.1) is 6.61 Å². The number of piperazine rings is 1. The zero-order chi connectivity index (χ0) is 14.9. The van der Waals surface area contributed by atoms with Gasteiger partial charge in [-0.3, -0.25) is 4.90 Å². The lowest BCUT2D eigenvalue weighted by atomic mass is 10.0. The maximum Gasteiger partial charge on any atom is 0.0593 e. The van der Waals surface area contributed by atoms with Gasteiger partial charge in [0.25, 0.3) is 0 Å². The average Bonchev–Trinajstić information content (AvgIpc) is 2.55. The molecule has 21 heavy (non-hydrogen) atoms. The normalized spacial score (nSPS) is 23.3. The smallest absolute Gasteiger partial charge is 0.0593 e. The van der Waals surface area contributed by atoms with Crippen molar-refractivity contribution >= 4 is 0 Å². The van der Waals surface area contributed by atoms with Crippen LogP contribution >= 0.6 is 0 Å². The summed E-state index contributed by atoms with van der Waals surface area (Å²) in [5.74, 6) is 0. The molecule has 1 heterocycles. The number of benzene rings is 1. The van der Waals surface area contributed by atoms with E-state index in [1.807, 2.05) is 0 Å². The second-order valence-corrected chi connectivity index (χ2v) is 5.90. The van der Waals surface area contributed by atoms with Crippen LogP contribution in [0.2, 0.25) is 0 Å². The van der Waals surface area contributed by atoms with E-state index in [2.05, 4.69) is 54.4 Å². The van der Waals surface area contributed by atoms with Crippen LogP contribution in [0.15, 0.2) is 30.3 Å². The van der Waals surface area contributed by atoms with Gasteiger partial charge in [-0.15, -0.1) is 0 Å². The summed E-state index contributed by atoms with van der Waals surface area (Å²) in [6, 6.07) is 11.9. The topological polar surface area (TPSA) is 24.5 Å². The molecule has 0 radical (unpaired) electrons. The Morgan fingerprint density at radius 3 is 2.71 bits per heavy atom. The average molecular weight is 290 g/mol. The third-order valence-electron chi connectivity index (χ3n) is 4.34. The SMILES string of the molecule is CCCCOCCN1CC(CC)NCC1c1ccccc1. The van der Waals surface area contributed by atoms with Gasteiger partial charge in [0.2, 0.25) is 0 Å². The monoisotopic (exact) mass is 290 g/mol. The van der Waals surface area contributed by atoms with Crippen molar-refractivity contribution in [3.63, 3.8) is 0 Å². The molecule has 0 aliphatic carbocycles. The lowest BCUT2D eigenvalue weighted by Crippen LogP contribution is -2.52. The van der Waals surface area contributed by atoms with E-state index in [4.69, 9.17) is 4.74 Å². The highest BCUT2D eigenvalue weighted by atomic mass is 16.5. The molecule has 1 aromatic rings. The highest BCUT2D eigenvalue weighted by Gasteiger charge is 2.27. The fourth-order valence-corrected chi connectivity index (χ4v) is 2.94. The zero-order valence-electron chi connectivity index (χ0n) is 13.6. The number of nitrogens with zero attached hydrogens (tertiary/aromatic N) is 1. The van der Waals surface area contributed by atoms with Crippen LogP contribution in [-0.2, 0) is 4.74 Å². The van der Waals surface area contributed by atoms with Crippen molar-refractivity contribution in [1.82, 2.24) is 10.2 Å². The van der Waals surface area contributed by atoms with Gasteiger partial charge in [-0.2, -0.15) is 0 Å². The van der Waals surface area contributed by atoms with E-state index in [1.165, 1.54) is 24.8 Å². The minimum atomic E-state index is 0.476. The fourth-order valence-electron chi connectivity index (χ4n) is 2.94. The zero-order valence-corrected chi connectivity index (χ0v) is 13.6. The second-order valence-electron chi connectivity index (χ2n) is 5.90. The molecule has 0 amide bonds. The number of unbranched alkanes of at least 4 members (excludes halogenated alkanes) is 1. The van der Waals surface area contributed by atoms with Gasteiger partial charge >= 0.3 is 0 Å². The molecule has 1 aliphatic rings. The van der Waals surface area contributed by atoms with E-state index in [0.29, 0.717) is 12.1 Å². The molecular formula is C18H30N2O. The second kappa shape index (κ2) is 9.19. The number of hydrogen-bond donors (Lipinski definition) is 1. The lowest BCUT2D eigenvalue weighted by molar-refractivity contribution is 0.0634. The van der Waals surface area contributed by atoms with Crippen molar-refractivity contribution in [1.29, 1.82) is 0 Å². The first kappa shape index (κ1) is 16.5. The van der Waals surface area contributed by atoms with Crippen LogP contribution in [0.4, 0.5) is 0 Å². The fraction of sp³-hybridized carbons (Fsp3) is 0.667. The van der Waals surface area contributed by atoms with Crippen molar-refractivity contribution in [2.24, 2.45) is 0 Å². The van der Waals surface area contributed by atoms with Gasteiger partial charge in [0, 0.05) is 38.3 Å². The molecule has 118 valence electrons. The Morgan fingerprint density at radius 1 is 1.19 bits per heavy atom. The summed E-state index contributed by atoms with van der Waals surface area (Å²) in [6.07, 6.45) is 3.56. The maximum atomic E-state index is 5.77. The first-order valence-corrected chi connectivity index (χ1v) is 8.45. The third-order valence-corrected chi connectivity index (χ3v) is 4.34. The summed E-state index contributed by atoms with van der Waals surface area (Å²) < 4.78 is 5.77. The van der Waals surface area contributed by atoms with E-state index in [0.717, 1.165) is 32.8 Å². The molecular weight excluding hydrogens is 260 g/mol. The van der Waals surface area contributed by atoms with Crippen molar-refractivity contribution in [2.45, 2.75) is 45.2 Å². The van der Waals surface area contributed by atoms with Crippen LogP contribution in [0.3, 0.4) is 0 Å². The molecule has 0 spiro atoms. The molecule has 1 aliphatic heterocycles. The van der Waals surface area contributed by atoms with Gasteiger partial charge in [-0.25, -0.2) is 0 Å². The Labute approximate surface area is 129 Å². The summed E-state index contributed by atoms with van der Waals surface area (Å²) in [5, 5.41) is 3.68. The first-order chi connectivity index (χ1) is 10.3. The highest BCUT2D eigenvalue weighted by Crippen LogP contribution is 2.23. The molecule has 0 bridgehead atoms. The van der Waals surface area contributed by atoms with Crippen LogP contribution in [0.5, 0.6) is 0 Å². The van der Waals surface area contributed by atoms with Crippen LogP contribution in [0.1, 0.15) is 44.7 Å². The summed E-state index contributed by atoms with van der Waals surface area (Å²) >= 11 is 0. The Balaban J connectivity index is 1.90. The van der Waals surface area contributed by atoms with E-state index in [9.17, 15) is 0 Å². The highest BCUT2D eigenvalue weighted by molar-refractivity contribution is 5.20. The summed E-state index contributed by atoms with van der Waals surface area (Å²) in [5.41, 5.74) is 1.41. The van der Waals surface area contributed by atoms with E-state index in [1.54, 1.807) is 0 Å². The third kappa shape index (κ3) is 5.10. The Bertz CT molecular complexity index is 382. The standard InChI is InChI=1S/C18H30N2O/c1-3-5-12-21-13-11-20-15-17(4-2)19-14-18(20)16-9-7-6-8-10-16/h6-10,17-19H,3-5,11-15H2,1-2H3. The predicted octanol–water partition coefficient (Wildman–Crippen LogP) is 3.23. The van der Waals surface area contributed by atoms with E-state index >= 15 is 0 Å². The first-order valence-electron chi connectivity index (χ1n) is 8.45. The van der Waals surface area contributed by atoms with Crippen molar-refractivity contribution in [3.8, 4) is 0 Å². The van der Waals surface area contributed by atoms with Crippen LogP contribution in [0, 0.1) is 0 Å². The van der Waals surface area contributed by atoms with Gasteiger partial charge in [0.1, 0.15) is 0 Å². The molecule has 0 aromatic heterocycles. The largest absolute Gasteiger partial charge is 0.380 e. The summed E-state index contributed by atoms with van der Waals surface area (Å²) in [4.78, 5) is 2.59. The van der Waals surface area contributed by atoms with E-state index in [-0.39, 0.29) is 0 Å². The van der Waals surface area contributed by atoms with Crippen molar-refractivity contribution in [3.05, 3.63) is 35.9 Å². The molecule has 2 atom stereocenters. The number of rotatable bonds is 8. The molecule has 1 fully saturated rings. The predicted molar refractivity (Wildman–Crippen MR) is 88.6 cm³/mol. The van der Waals surface area contributed by atoms with Crippen molar-refractivity contribution < 1.29 is 4.74 Å². The molecule has 1 N–H and O–H groups in total. The summed E-state index contributed by atoms with van der Waals surface area (Å²) in [6.45, 7) is 9.40. The molecule has 2 rings (SSSR count). The van der Waals surface area contributed by atoms with Gasteiger partial charge in [-0.05, 0) is 18.4 Å². The van der Waals surface area contributed by atoms with Gasteiger partial charge in [0.15, 0.2) is 0 Å². The van der Waals surface area contributed by atoms with Gasteiger partial charge in [-0.1, -0.05) is 50.6 Å². The molecule has 2 unspecified atom stereocenters. The van der Waals surface area contributed by atoms with E-state index < -0.39 is 0 Å². The molecule has 3 heteroatoms. The quantitative estimate of drug-likeness (QED) is 0.744. The molecule has 3 nitrogen and oxygen atoms in total. The molecule has 1 aromatic carbocycles. The Hall–Kier alpha value is -0.900. The van der Waals surface area contributed by atoms with Crippen LogP contribution < -0.4 is 5.32 Å². The Kier molecular flexibility index (Phi) is 7.20. The van der Waals surface area contributed by atoms with Crippen molar-refractivity contribution in [2.75, 3.05) is 32.8 Å². The minimum Gasteiger partial charge on any atom is -0.380 e. The number of ether oxygens (including phenoxy) is 1.